The maximum Gasteiger partial charge on any atom is 0.130 e. The Morgan fingerprint density at radius 3 is 2.71 bits per heavy atom. The Bertz CT molecular complexity index is 1450. The predicted octanol–water partition coefficient (Wildman–Crippen LogP) is 6.21. The van der Waals surface area contributed by atoms with E-state index in [-0.39, 0.29) is 0 Å². The van der Waals surface area contributed by atoms with Crippen molar-refractivity contribution >= 4 is 35.2 Å². The van der Waals surface area contributed by atoms with Crippen LogP contribution in [0.1, 0.15) is 28.2 Å². The minimum atomic E-state index is 0.404. The van der Waals surface area contributed by atoms with Crippen LogP contribution >= 0.6 is 0 Å². The molecule has 3 heterocycles. The summed E-state index contributed by atoms with van der Waals surface area (Å²) in [7, 11) is 1.65. The Morgan fingerprint density at radius 2 is 1.82 bits per heavy atom. The first-order valence-corrected chi connectivity index (χ1v) is 11.0. The minimum Gasteiger partial charge on any atom is -0.496 e. The van der Waals surface area contributed by atoms with Crippen LogP contribution in [0.4, 0.5) is 0 Å². The zero-order valence-corrected chi connectivity index (χ0v) is 18.7. The SMILES string of the molecule is COc1cc(OCc2ccccn2)ccc1C=Cc1cc(C=Cc2cccc3[nH]ccc23)[nH]n1. The molecule has 0 amide bonds. The second-order valence-electron chi connectivity index (χ2n) is 7.71. The maximum absolute atomic E-state index is 5.85. The van der Waals surface area contributed by atoms with Gasteiger partial charge < -0.3 is 14.5 Å². The number of nitrogens with zero attached hydrogens (tertiary/aromatic N) is 2. The van der Waals surface area contributed by atoms with Crippen LogP contribution in [0.2, 0.25) is 0 Å². The summed E-state index contributed by atoms with van der Waals surface area (Å²) in [5, 5.41) is 8.65. The molecule has 5 aromatic rings. The summed E-state index contributed by atoms with van der Waals surface area (Å²) in [6, 6.07) is 21.8. The van der Waals surface area contributed by atoms with Gasteiger partial charge >= 0.3 is 0 Å². The lowest BCUT2D eigenvalue weighted by molar-refractivity contribution is 0.299. The Balaban J connectivity index is 1.26. The summed E-state index contributed by atoms with van der Waals surface area (Å²) in [4.78, 5) is 7.51. The molecule has 6 nitrogen and oxygen atoms in total. The molecule has 0 unspecified atom stereocenters. The highest BCUT2D eigenvalue weighted by atomic mass is 16.5. The number of hydrogen-bond acceptors (Lipinski definition) is 4. The van der Waals surface area contributed by atoms with Gasteiger partial charge in [-0.1, -0.05) is 24.3 Å². The number of rotatable bonds is 8. The summed E-state index contributed by atoms with van der Waals surface area (Å²) in [6.07, 6.45) is 11.8. The van der Waals surface area contributed by atoms with Gasteiger partial charge in [0.25, 0.3) is 0 Å². The zero-order chi connectivity index (χ0) is 23.2. The Labute approximate surface area is 197 Å². The smallest absolute Gasteiger partial charge is 0.130 e. The van der Waals surface area contributed by atoms with E-state index in [1.807, 2.05) is 73.0 Å². The molecule has 0 atom stereocenters. The first-order valence-electron chi connectivity index (χ1n) is 11.0. The van der Waals surface area contributed by atoms with Crippen molar-refractivity contribution in [2.24, 2.45) is 0 Å². The van der Waals surface area contributed by atoms with Gasteiger partial charge in [0.1, 0.15) is 18.1 Å². The van der Waals surface area contributed by atoms with Crippen molar-refractivity contribution in [3.8, 4) is 11.5 Å². The van der Waals surface area contributed by atoms with Crippen molar-refractivity contribution in [1.82, 2.24) is 20.2 Å². The van der Waals surface area contributed by atoms with Gasteiger partial charge in [-0.2, -0.15) is 5.10 Å². The highest BCUT2D eigenvalue weighted by molar-refractivity contribution is 5.91. The summed E-state index contributed by atoms with van der Waals surface area (Å²) >= 11 is 0. The van der Waals surface area contributed by atoms with Gasteiger partial charge in [0, 0.05) is 34.9 Å². The number of aromatic nitrogens is 4. The van der Waals surface area contributed by atoms with Crippen LogP contribution < -0.4 is 9.47 Å². The van der Waals surface area contributed by atoms with Gasteiger partial charge in [0.2, 0.25) is 0 Å². The molecule has 5 rings (SSSR count). The molecule has 0 aliphatic rings. The van der Waals surface area contributed by atoms with Gasteiger partial charge in [0.05, 0.1) is 24.2 Å². The van der Waals surface area contributed by atoms with E-state index in [2.05, 4.69) is 44.4 Å². The van der Waals surface area contributed by atoms with Crippen molar-refractivity contribution in [3.63, 3.8) is 0 Å². The number of benzene rings is 2. The number of hydrogen-bond donors (Lipinski definition) is 2. The predicted molar refractivity (Wildman–Crippen MR) is 136 cm³/mol. The molecule has 0 fully saturated rings. The van der Waals surface area contributed by atoms with Crippen molar-refractivity contribution < 1.29 is 9.47 Å². The Hall–Kier alpha value is -4.58. The van der Waals surface area contributed by atoms with Crippen LogP contribution in [0, 0.1) is 0 Å². The number of pyridine rings is 1. The van der Waals surface area contributed by atoms with Crippen LogP contribution in [-0.2, 0) is 6.61 Å². The molecule has 0 bridgehead atoms. The molecule has 0 spiro atoms. The number of aromatic amines is 2. The van der Waals surface area contributed by atoms with Crippen LogP contribution in [-0.4, -0.2) is 27.3 Å². The normalized spacial score (nSPS) is 11.6. The minimum absolute atomic E-state index is 0.404. The van der Waals surface area contributed by atoms with E-state index in [9.17, 15) is 0 Å². The molecular formula is C28H24N4O2. The molecule has 0 aliphatic heterocycles. The molecule has 168 valence electrons. The first kappa shape index (κ1) is 21.3. The zero-order valence-electron chi connectivity index (χ0n) is 18.7. The van der Waals surface area contributed by atoms with Crippen LogP contribution in [0.25, 0.3) is 35.2 Å². The van der Waals surface area contributed by atoms with Crippen LogP contribution in [0.5, 0.6) is 11.5 Å². The highest BCUT2D eigenvalue weighted by Gasteiger charge is 2.05. The lowest BCUT2D eigenvalue weighted by atomic mass is 10.1. The molecule has 0 radical (unpaired) electrons. The molecule has 2 N–H and O–H groups in total. The van der Waals surface area contributed by atoms with E-state index in [4.69, 9.17) is 9.47 Å². The quantitative estimate of drug-likeness (QED) is 0.296. The Morgan fingerprint density at radius 1 is 0.882 bits per heavy atom. The number of H-pyrrole nitrogens is 2. The van der Waals surface area contributed by atoms with E-state index in [0.29, 0.717) is 6.61 Å². The molecule has 0 aliphatic carbocycles. The summed E-state index contributed by atoms with van der Waals surface area (Å²) in [6.45, 7) is 0.404. The molecule has 2 aromatic carbocycles. The fourth-order valence-corrected chi connectivity index (χ4v) is 3.69. The van der Waals surface area contributed by atoms with Gasteiger partial charge in [0.15, 0.2) is 0 Å². The largest absolute Gasteiger partial charge is 0.496 e. The van der Waals surface area contributed by atoms with Crippen molar-refractivity contribution in [2.45, 2.75) is 6.61 Å². The van der Waals surface area contributed by atoms with Crippen LogP contribution in [0.3, 0.4) is 0 Å². The fraction of sp³-hybridized carbons (Fsp3) is 0.0714. The second-order valence-corrected chi connectivity index (χ2v) is 7.71. The highest BCUT2D eigenvalue weighted by Crippen LogP contribution is 2.27. The molecule has 0 saturated carbocycles. The molecule has 34 heavy (non-hydrogen) atoms. The summed E-state index contributed by atoms with van der Waals surface area (Å²) < 4.78 is 11.4. The summed E-state index contributed by atoms with van der Waals surface area (Å²) in [5.74, 6) is 1.45. The van der Waals surface area contributed by atoms with Crippen LogP contribution in [0.15, 0.2) is 79.1 Å². The lowest BCUT2D eigenvalue weighted by Crippen LogP contribution is -1.98. The van der Waals surface area contributed by atoms with Crippen molar-refractivity contribution in [1.29, 1.82) is 0 Å². The number of nitrogens with one attached hydrogen (secondary N) is 2. The van der Waals surface area contributed by atoms with Crippen molar-refractivity contribution in [2.75, 3.05) is 7.11 Å². The fourth-order valence-electron chi connectivity index (χ4n) is 3.69. The molecule has 6 heteroatoms. The topological polar surface area (TPSA) is 75.8 Å². The first-order chi connectivity index (χ1) is 16.8. The van der Waals surface area contributed by atoms with E-state index < -0.39 is 0 Å². The van der Waals surface area contributed by atoms with Gasteiger partial charge in [-0.3, -0.25) is 10.1 Å². The molecular weight excluding hydrogens is 424 g/mol. The molecule has 3 aromatic heterocycles. The summed E-state index contributed by atoms with van der Waals surface area (Å²) in [5.41, 5.74) is 5.85. The third-order valence-electron chi connectivity index (χ3n) is 5.44. The van der Waals surface area contributed by atoms with Gasteiger partial charge in [-0.15, -0.1) is 0 Å². The second kappa shape index (κ2) is 9.92. The average Bonchev–Trinajstić information content (AvgIpc) is 3.55. The average molecular weight is 449 g/mol. The van der Waals surface area contributed by atoms with Crippen molar-refractivity contribution in [3.05, 3.63) is 107 Å². The van der Waals surface area contributed by atoms with E-state index in [1.165, 1.54) is 5.39 Å². The number of ether oxygens (including phenoxy) is 2. The number of fused-ring (bicyclic) bond motifs is 1. The van der Waals surface area contributed by atoms with E-state index in [0.717, 1.165) is 45.2 Å². The third kappa shape index (κ3) is 4.91. The maximum atomic E-state index is 5.85. The molecule has 0 saturated heterocycles. The van der Waals surface area contributed by atoms with Gasteiger partial charge in [-0.05, 0) is 66.3 Å². The Kier molecular flexibility index (Phi) is 6.21. The third-order valence-corrected chi connectivity index (χ3v) is 5.44. The number of methoxy groups -OCH3 is 1. The van der Waals surface area contributed by atoms with E-state index >= 15 is 0 Å². The standard InChI is InChI=1S/C28H24N4O2/c1-33-28-18-25(34-19-24-6-2-3-15-29-24)13-10-21(28)9-12-23-17-22(31-32-23)11-8-20-5-4-7-27-26(20)14-16-30-27/h2-18,30H,19H2,1H3,(H,31,32). The monoisotopic (exact) mass is 448 g/mol. The lowest BCUT2D eigenvalue weighted by Gasteiger charge is -2.09. The van der Waals surface area contributed by atoms with E-state index in [1.54, 1.807) is 13.3 Å². The van der Waals surface area contributed by atoms with Gasteiger partial charge in [-0.25, -0.2) is 0 Å².